The quantitative estimate of drug-likeness (QED) is 0.694. The molecule has 4 aliphatic heterocycles. The van der Waals surface area contributed by atoms with E-state index in [1.54, 1.807) is 6.92 Å². The van der Waals surface area contributed by atoms with E-state index in [1.165, 1.54) is 5.56 Å². The molecular weight excluding hydrogens is 336 g/mol. The Morgan fingerprint density at radius 3 is 2.12 bits per heavy atom. The molecule has 6 heteroatoms. The normalized spacial score (nSPS) is 35.1. The zero-order valence-electron chi connectivity index (χ0n) is 15.8. The van der Waals surface area contributed by atoms with Gasteiger partial charge in [0.2, 0.25) is 0 Å². The minimum Gasteiger partial charge on any atom is -0.491 e. The lowest BCUT2D eigenvalue weighted by Crippen LogP contribution is -2.60. The standard InChI is InChI=1S/C20H28O6/c1-18(2)10-23-17(18)15-4-6-16(7-5-15)22-9-8-21-11-20-12-24-19(3,25-13-20)26-14-20/h4-7,17H,8-14H2,1-3H3. The van der Waals surface area contributed by atoms with Crippen LogP contribution in [0.15, 0.2) is 24.3 Å². The van der Waals surface area contributed by atoms with Gasteiger partial charge in [-0.1, -0.05) is 26.0 Å². The maximum absolute atomic E-state index is 5.78. The van der Waals surface area contributed by atoms with Crippen molar-refractivity contribution in [2.75, 3.05) is 46.2 Å². The molecule has 0 radical (unpaired) electrons. The summed E-state index contributed by atoms with van der Waals surface area (Å²) in [6.45, 7) is 10.4. The smallest absolute Gasteiger partial charge is 0.279 e. The van der Waals surface area contributed by atoms with Gasteiger partial charge in [-0.05, 0) is 17.7 Å². The Morgan fingerprint density at radius 1 is 0.923 bits per heavy atom. The van der Waals surface area contributed by atoms with E-state index in [0.717, 1.165) is 12.4 Å². The van der Waals surface area contributed by atoms with Crippen LogP contribution >= 0.6 is 0 Å². The largest absolute Gasteiger partial charge is 0.491 e. The van der Waals surface area contributed by atoms with Crippen LogP contribution in [0.2, 0.25) is 0 Å². The van der Waals surface area contributed by atoms with Gasteiger partial charge >= 0.3 is 0 Å². The van der Waals surface area contributed by atoms with Crippen molar-refractivity contribution < 1.29 is 28.4 Å². The lowest BCUT2D eigenvalue weighted by atomic mass is 9.79. The van der Waals surface area contributed by atoms with Crippen LogP contribution in [0.4, 0.5) is 0 Å². The average Bonchev–Trinajstić information content (AvgIpc) is 2.63. The summed E-state index contributed by atoms with van der Waals surface area (Å²) in [6, 6.07) is 8.14. The van der Waals surface area contributed by atoms with Crippen molar-refractivity contribution in [2.45, 2.75) is 32.8 Å². The SMILES string of the molecule is CC12OCC(COCCOc3ccc(C4OCC4(C)C)cc3)(CO1)CO2. The Morgan fingerprint density at radius 2 is 1.58 bits per heavy atom. The van der Waals surface area contributed by atoms with E-state index in [4.69, 9.17) is 28.4 Å². The minimum absolute atomic E-state index is 0.179. The fourth-order valence-electron chi connectivity index (χ4n) is 3.52. The molecule has 4 saturated heterocycles. The summed E-state index contributed by atoms with van der Waals surface area (Å²) in [6.07, 6.45) is 0.179. The fourth-order valence-corrected chi connectivity index (χ4v) is 3.52. The van der Waals surface area contributed by atoms with Gasteiger partial charge in [0.15, 0.2) is 0 Å². The van der Waals surface area contributed by atoms with Crippen molar-refractivity contribution in [1.82, 2.24) is 0 Å². The molecule has 144 valence electrons. The molecule has 26 heavy (non-hydrogen) atoms. The topological polar surface area (TPSA) is 55.4 Å². The number of ether oxygens (including phenoxy) is 6. The predicted octanol–water partition coefficient (Wildman–Crippen LogP) is 2.92. The second-order valence-electron chi connectivity index (χ2n) is 8.38. The molecule has 2 bridgehead atoms. The van der Waals surface area contributed by atoms with E-state index in [1.807, 2.05) is 12.1 Å². The van der Waals surface area contributed by atoms with Gasteiger partial charge in [-0.3, -0.25) is 0 Å². The van der Waals surface area contributed by atoms with Gasteiger partial charge in [-0.2, -0.15) is 0 Å². The average molecular weight is 364 g/mol. The van der Waals surface area contributed by atoms with Gasteiger partial charge in [0.1, 0.15) is 12.4 Å². The summed E-state index contributed by atoms with van der Waals surface area (Å²) in [4.78, 5) is 0. The number of benzene rings is 1. The van der Waals surface area contributed by atoms with Gasteiger partial charge in [-0.15, -0.1) is 0 Å². The van der Waals surface area contributed by atoms with Crippen LogP contribution < -0.4 is 4.74 Å². The van der Waals surface area contributed by atoms with Crippen LogP contribution in [0.1, 0.15) is 32.4 Å². The van der Waals surface area contributed by atoms with Gasteiger partial charge in [0.05, 0.1) is 51.2 Å². The molecule has 4 aliphatic rings. The van der Waals surface area contributed by atoms with Crippen LogP contribution in [0.3, 0.4) is 0 Å². The van der Waals surface area contributed by atoms with Gasteiger partial charge in [-0.25, -0.2) is 0 Å². The number of fused-ring (bicyclic) bond motifs is 3. The lowest BCUT2D eigenvalue weighted by Gasteiger charge is -2.50. The molecule has 4 fully saturated rings. The Balaban J connectivity index is 1.17. The number of hydrogen-bond donors (Lipinski definition) is 0. The summed E-state index contributed by atoms with van der Waals surface area (Å²) in [5.74, 6) is -0.0229. The molecule has 0 spiro atoms. The first-order valence-corrected chi connectivity index (χ1v) is 9.24. The minimum atomic E-state index is -0.864. The molecule has 0 aromatic heterocycles. The molecular formula is C20H28O6. The fraction of sp³-hybridized carbons (Fsp3) is 0.700. The van der Waals surface area contributed by atoms with Crippen LogP contribution in [0.5, 0.6) is 5.75 Å². The van der Waals surface area contributed by atoms with E-state index in [2.05, 4.69) is 26.0 Å². The molecule has 1 aromatic rings. The van der Waals surface area contributed by atoms with Crippen LogP contribution in [-0.2, 0) is 23.7 Å². The van der Waals surface area contributed by atoms with E-state index in [-0.39, 0.29) is 16.9 Å². The zero-order valence-corrected chi connectivity index (χ0v) is 15.8. The van der Waals surface area contributed by atoms with Crippen LogP contribution in [0, 0.1) is 10.8 Å². The molecule has 5 rings (SSSR count). The Kier molecular flexibility index (Phi) is 4.73. The molecule has 1 unspecified atom stereocenters. The highest BCUT2D eigenvalue weighted by molar-refractivity contribution is 5.30. The molecule has 6 nitrogen and oxygen atoms in total. The molecule has 1 atom stereocenters. The summed E-state index contributed by atoms with van der Waals surface area (Å²) < 4.78 is 34.0. The summed E-state index contributed by atoms with van der Waals surface area (Å²) in [5, 5.41) is 0. The van der Waals surface area contributed by atoms with Crippen molar-refractivity contribution in [3.63, 3.8) is 0 Å². The van der Waals surface area contributed by atoms with Crippen molar-refractivity contribution in [2.24, 2.45) is 10.8 Å². The van der Waals surface area contributed by atoms with E-state index in [0.29, 0.717) is 39.6 Å². The first-order chi connectivity index (χ1) is 12.4. The molecule has 0 N–H and O–H groups in total. The predicted molar refractivity (Wildman–Crippen MR) is 93.9 cm³/mol. The zero-order chi connectivity index (χ0) is 18.3. The molecule has 0 aliphatic carbocycles. The summed E-state index contributed by atoms with van der Waals surface area (Å²) in [5.41, 5.74) is 1.21. The molecule has 4 heterocycles. The van der Waals surface area contributed by atoms with Gasteiger partial charge < -0.3 is 28.4 Å². The second kappa shape index (κ2) is 6.77. The third-order valence-electron chi connectivity index (χ3n) is 5.34. The monoisotopic (exact) mass is 364 g/mol. The third kappa shape index (κ3) is 3.62. The lowest BCUT2D eigenvalue weighted by molar-refractivity contribution is -0.462. The summed E-state index contributed by atoms with van der Waals surface area (Å²) >= 11 is 0. The first kappa shape index (κ1) is 18.2. The molecule has 0 amide bonds. The highest BCUT2D eigenvalue weighted by atomic mass is 16.9. The Bertz CT molecular complexity index is 601. The number of hydrogen-bond acceptors (Lipinski definition) is 6. The molecule has 1 aromatic carbocycles. The highest BCUT2D eigenvalue weighted by Gasteiger charge is 2.50. The third-order valence-corrected chi connectivity index (χ3v) is 5.34. The van der Waals surface area contributed by atoms with E-state index >= 15 is 0 Å². The summed E-state index contributed by atoms with van der Waals surface area (Å²) in [7, 11) is 0. The second-order valence-corrected chi connectivity index (χ2v) is 8.38. The van der Waals surface area contributed by atoms with Gasteiger partial charge in [0, 0.05) is 12.3 Å². The van der Waals surface area contributed by atoms with Crippen LogP contribution in [0.25, 0.3) is 0 Å². The Labute approximate surface area is 154 Å². The Hall–Kier alpha value is -1.18. The van der Waals surface area contributed by atoms with Crippen molar-refractivity contribution in [1.29, 1.82) is 0 Å². The van der Waals surface area contributed by atoms with E-state index < -0.39 is 5.97 Å². The van der Waals surface area contributed by atoms with Crippen LogP contribution in [-0.4, -0.2) is 52.2 Å². The highest BCUT2D eigenvalue weighted by Crippen LogP contribution is 2.45. The maximum atomic E-state index is 5.78. The van der Waals surface area contributed by atoms with E-state index in [9.17, 15) is 0 Å². The molecule has 0 saturated carbocycles. The van der Waals surface area contributed by atoms with Gasteiger partial charge in [0.25, 0.3) is 5.97 Å². The first-order valence-electron chi connectivity index (χ1n) is 9.24. The maximum Gasteiger partial charge on any atom is 0.279 e. The van der Waals surface area contributed by atoms with Crippen molar-refractivity contribution >= 4 is 0 Å². The van der Waals surface area contributed by atoms with Crippen molar-refractivity contribution in [3.8, 4) is 5.75 Å². The van der Waals surface area contributed by atoms with Crippen molar-refractivity contribution in [3.05, 3.63) is 29.8 Å². The number of rotatable bonds is 7.